The normalized spacial score (nSPS) is 17.1. The molecule has 2 N–H and O–H groups in total. The zero-order valence-corrected chi connectivity index (χ0v) is 15.5. The molecule has 0 radical (unpaired) electrons. The SMILES string of the molecule is C=C(C)C(=O)N1CCCC1c1ccc2c(N)c(C(=O)N(C)C)sc2n1. The van der Waals surface area contributed by atoms with Gasteiger partial charge in [0.05, 0.1) is 17.4 Å². The minimum atomic E-state index is -0.123. The smallest absolute Gasteiger partial charge is 0.265 e. The van der Waals surface area contributed by atoms with E-state index in [0.717, 1.165) is 28.8 Å². The second kappa shape index (κ2) is 6.48. The third-order valence-electron chi connectivity index (χ3n) is 4.44. The number of aromatic nitrogens is 1. The van der Waals surface area contributed by atoms with E-state index in [2.05, 4.69) is 6.58 Å². The first-order valence-electron chi connectivity index (χ1n) is 8.18. The Bertz CT molecular complexity index is 871. The van der Waals surface area contributed by atoms with Gasteiger partial charge in [0.25, 0.3) is 5.91 Å². The molecule has 0 bridgehead atoms. The van der Waals surface area contributed by atoms with Crippen LogP contribution in [0.1, 0.15) is 41.2 Å². The van der Waals surface area contributed by atoms with E-state index < -0.39 is 0 Å². The molecule has 1 unspecified atom stereocenters. The molecule has 6 nitrogen and oxygen atoms in total. The molecule has 7 heteroatoms. The Labute approximate surface area is 150 Å². The first-order valence-corrected chi connectivity index (χ1v) is 9.00. The molecule has 2 aromatic heterocycles. The van der Waals surface area contributed by atoms with E-state index in [1.54, 1.807) is 21.0 Å². The van der Waals surface area contributed by atoms with Crippen molar-refractivity contribution in [3.63, 3.8) is 0 Å². The van der Waals surface area contributed by atoms with E-state index in [4.69, 9.17) is 10.7 Å². The van der Waals surface area contributed by atoms with Crippen molar-refractivity contribution in [1.29, 1.82) is 0 Å². The largest absolute Gasteiger partial charge is 0.397 e. The Morgan fingerprint density at radius 3 is 2.76 bits per heavy atom. The molecule has 2 aromatic rings. The van der Waals surface area contributed by atoms with Gasteiger partial charge in [0.2, 0.25) is 5.91 Å². The zero-order chi connectivity index (χ0) is 18.3. The molecule has 0 aliphatic carbocycles. The van der Waals surface area contributed by atoms with Gasteiger partial charge in [-0.25, -0.2) is 4.98 Å². The van der Waals surface area contributed by atoms with Gasteiger partial charge in [-0.1, -0.05) is 6.58 Å². The van der Waals surface area contributed by atoms with Crippen molar-refractivity contribution in [2.24, 2.45) is 0 Å². The highest BCUT2D eigenvalue weighted by Crippen LogP contribution is 2.37. The number of carbonyl (C=O) groups excluding carboxylic acids is 2. The molecule has 1 atom stereocenters. The third kappa shape index (κ3) is 3.00. The summed E-state index contributed by atoms with van der Waals surface area (Å²) in [6.45, 7) is 6.21. The summed E-state index contributed by atoms with van der Waals surface area (Å²) in [5, 5.41) is 0.787. The fraction of sp³-hybridized carbons (Fsp3) is 0.389. The van der Waals surface area contributed by atoms with Gasteiger partial charge in [-0.15, -0.1) is 11.3 Å². The maximum atomic E-state index is 12.3. The number of fused-ring (bicyclic) bond motifs is 1. The lowest BCUT2D eigenvalue weighted by atomic mass is 10.1. The molecule has 0 spiro atoms. The predicted molar refractivity (Wildman–Crippen MR) is 101 cm³/mol. The Morgan fingerprint density at radius 1 is 1.40 bits per heavy atom. The number of rotatable bonds is 3. The molecule has 0 aromatic carbocycles. The molecular weight excluding hydrogens is 336 g/mol. The summed E-state index contributed by atoms with van der Waals surface area (Å²) in [6.07, 6.45) is 1.82. The number of nitrogen functional groups attached to an aromatic ring is 1. The van der Waals surface area contributed by atoms with Crippen LogP contribution in [-0.2, 0) is 4.79 Å². The van der Waals surface area contributed by atoms with Crippen LogP contribution in [0.2, 0.25) is 0 Å². The van der Waals surface area contributed by atoms with Gasteiger partial charge in [0.1, 0.15) is 9.71 Å². The van der Waals surface area contributed by atoms with Crippen LogP contribution >= 0.6 is 11.3 Å². The second-order valence-electron chi connectivity index (χ2n) is 6.57. The summed E-state index contributed by atoms with van der Waals surface area (Å²) in [5.74, 6) is -0.152. The molecule has 3 rings (SSSR count). The maximum Gasteiger partial charge on any atom is 0.265 e. The van der Waals surface area contributed by atoms with Crippen LogP contribution in [0.5, 0.6) is 0 Å². The summed E-state index contributed by atoms with van der Waals surface area (Å²) in [4.78, 5) is 33.9. The zero-order valence-electron chi connectivity index (χ0n) is 14.7. The number of amides is 2. The van der Waals surface area contributed by atoms with E-state index >= 15 is 0 Å². The van der Waals surface area contributed by atoms with Gasteiger partial charge >= 0.3 is 0 Å². The number of anilines is 1. The van der Waals surface area contributed by atoms with E-state index in [1.807, 2.05) is 17.0 Å². The van der Waals surface area contributed by atoms with E-state index in [-0.39, 0.29) is 17.9 Å². The molecule has 0 saturated carbocycles. The van der Waals surface area contributed by atoms with Gasteiger partial charge in [-0.3, -0.25) is 9.59 Å². The standard InChI is InChI=1S/C18H22N4O2S/c1-10(2)17(23)22-9-5-6-13(22)12-8-7-11-14(19)15(18(24)21(3)4)25-16(11)20-12/h7-8,13H,1,5-6,9,19H2,2-4H3. The fourth-order valence-electron chi connectivity index (χ4n) is 3.12. The lowest BCUT2D eigenvalue weighted by Crippen LogP contribution is -2.31. The molecule has 25 heavy (non-hydrogen) atoms. The number of nitrogens with two attached hydrogens (primary N) is 1. The maximum absolute atomic E-state index is 12.3. The highest BCUT2D eigenvalue weighted by molar-refractivity contribution is 7.21. The van der Waals surface area contributed by atoms with Gasteiger partial charge in [-0.05, 0) is 31.9 Å². The van der Waals surface area contributed by atoms with Crippen LogP contribution in [0.3, 0.4) is 0 Å². The molecule has 1 aliphatic heterocycles. The topological polar surface area (TPSA) is 79.5 Å². The van der Waals surface area contributed by atoms with Crippen molar-refractivity contribution >= 4 is 39.1 Å². The van der Waals surface area contributed by atoms with Crippen LogP contribution in [0.4, 0.5) is 5.69 Å². The van der Waals surface area contributed by atoms with Crippen LogP contribution < -0.4 is 5.73 Å². The number of pyridine rings is 1. The van der Waals surface area contributed by atoms with Crippen molar-refractivity contribution < 1.29 is 9.59 Å². The molecule has 3 heterocycles. The Hall–Kier alpha value is -2.41. The van der Waals surface area contributed by atoms with E-state index in [0.29, 0.717) is 22.7 Å². The number of hydrogen-bond donors (Lipinski definition) is 1. The number of nitrogens with zero attached hydrogens (tertiary/aromatic N) is 3. The predicted octanol–water partition coefficient (Wildman–Crippen LogP) is 2.82. The fourth-order valence-corrected chi connectivity index (χ4v) is 4.24. The summed E-state index contributed by atoms with van der Waals surface area (Å²) in [5.41, 5.74) is 7.99. The van der Waals surface area contributed by atoms with Gasteiger partial charge in [0, 0.05) is 31.6 Å². The Morgan fingerprint density at radius 2 is 2.12 bits per heavy atom. The van der Waals surface area contributed by atoms with Crippen molar-refractivity contribution in [1.82, 2.24) is 14.8 Å². The first-order chi connectivity index (χ1) is 11.8. The van der Waals surface area contributed by atoms with Gasteiger partial charge in [-0.2, -0.15) is 0 Å². The lowest BCUT2D eigenvalue weighted by Gasteiger charge is -2.24. The number of hydrogen-bond acceptors (Lipinski definition) is 5. The first kappa shape index (κ1) is 17.4. The molecule has 2 amide bonds. The van der Waals surface area contributed by atoms with Crippen LogP contribution in [-0.4, -0.2) is 47.2 Å². The second-order valence-corrected chi connectivity index (χ2v) is 7.57. The summed E-state index contributed by atoms with van der Waals surface area (Å²) in [6, 6.07) is 3.76. The monoisotopic (exact) mass is 358 g/mol. The highest BCUT2D eigenvalue weighted by Gasteiger charge is 2.31. The third-order valence-corrected chi connectivity index (χ3v) is 5.54. The van der Waals surface area contributed by atoms with Crippen LogP contribution in [0, 0.1) is 0 Å². The quantitative estimate of drug-likeness (QED) is 0.856. The number of likely N-dealkylation sites (tertiary alicyclic amines) is 1. The van der Waals surface area contributed by atoms with Crippen molar-refractivity contribution in [3.8, 4) is 0 Å². The highest BCUT2D eigenvalue weighted by atomic mass is 32.1. The molecule has 132 valence electrons. The van der Waals surface area contributed by atoms with Crippen molar-refractivity contribution in [3.05, 3.63) is 34.9 Å². The van der Waals surface area contributed by atoms with Gasteiger partial charge < -0.3 is 15.5 Å². The lowest BCUT2D eigenvalue weighted by molar-refractivity contribution is -0.128. The Balaban J connectivity index is 2.00. The molecule has 1 saturated heterocycles. The summed E-state index contributed by atoms with van der Waals surface area (Å²) < 4.78 is 0. The Kier molecular flexibility index (Phi) is 4.51. The summed E-state index contributed by atoms with van der Waals surface area (Å²) >= 11 is 1.30. The van der Waals surface area contributed by atoms with Crippen molar-refractivity contribution in [2.45, 2.75) is 25.8 Å². The molecule has 1 aliphatic rings. The van der Waals surface area contributed by atoms with Crippen molar-refractivity contribution in [2.75, 3.05) is 26.4 Å². The average Bonchev–Trinajstić information content (AvgIpc) is 3.18. The number of carbonyl (C=O) groups is 2. The van der Waals surface area contributed by atoms with E-state index in [9.17, 15) is 9.59 Å². The minimum Gasteiger partial charge on any atom is -0.397 e. The van der Waals surface area contributed by atoms with Crippen LogP contribution in [0.25, 0.3) is 10.2 Å². The van der Waals surface area contributed by atoms with Gasteiger partial charge in [0.15, 0.2) is 0 Å². The minimum absolute atomic E-state index is 0.0291. The van der Waals surface area contributed by atoms with Crippen LogP contribution in [0.15, 0.2) is 24.3 Å². The molecular formula is C18H22N4O2S. The summed E-state index contributed by atoms with van der Waals surface area (Å²) in [7, 11) is 3.40. The average molecular weight is 358 g/mol. The van der Waals surface area contributed by atoms with E-state index in [1.165, 1.54) is 16.2 Å². The number of thiophene rings is 1. The molecule has 1 fully saturated rings.